The van der Waals surface area contributed by atoms with Crippen molar-refractivity contribution < 1.29 is 18.8 Å². The number of carbonyl (C=O) groups excluding carboxylic acids is 3. The van der Waals surface area contributed by atoms with E-state index in [4.69, 9.17) is 0 Å². The summed E-state index contributed by atoms with van der Waals surface area (Å²) in [6, 6.07) is 14.1. The summed E-state index contributed by atoms with van der Waals surface area (Å²) in [6.07, 6.45) is 1.40. The Balaban J connectivity index is 1.68. The molecule has 0 atom stereocenters. The molecule has 2 N–H and O–H groups in total. The van der Waals surface area contributed by atoms with Crippen molar-refractivity contribution in [2.24, 2.45) is 4.99 Å². The third-order valence-electron chi connectivity index (χ3n) is 5.40. The van der Waals surface area contributed by atoms with Gasteiger partial charge >= 0.3 is 6.03 Å². The van der Waals surface area contributed by atoms with Crippen molar-refractivity contribution in [3.63, 3.8) is 0 Å². The first-order valence-corrected chi connectivity index (χ1v) is 11.4. The second-order valence-corrected chi connectivity index (χ2v) is 9.45. The first-order chi connectivity index (χ1) is 16.1. The minimum atomic E-state index is -0.602. The number of urea groups is 1. The maximum Gasteiger partial charge on any atom is 0.317 e. The van der Waals surface area contributed by atoms with Gasteiger partial charge in [-0.05, 0) is 63.4 Å². The summed E-state index contributed by atoms with van der Waals surface area (Å²) in [5, 5.41) is 5.92. The molecule has 0 spiro atoms. The number of nitrogens with zero attached hydrogens (tertiary/aromatic N) is 2. The van der Waals surface area contributed by atoms with Crippen molar-refractivity contribution in [2.45, 2.75) is 51.6 Å². The number of likely N-dealkylation sites (tertiary alicyclic amines) is 1. The Morgan fingerprint density at radius 1 is 1.00 bits per heavy atom. The van der Waals surface area contributed by atoms with Crippen molar-refractivity contribution in [3.05, 3.63) is 71.5 Å². The monoisotopic (exact) mass is 466 g/mol. The summed E-state index contributed by atoms with van der Waals surface area (Å²) in [7, 11) is 0. The largest absolute Gasteiger partial charge is 0.348 e. The van der Waals surface area contributed by atoms with Crippen LogP contribution in [0.2, 0.25) is 0 Å². The highest BCUT2D eigenvalue weighted by atomic mass is 19.1. The molecule has 8 heteroatoms. The highest BCUT2D eigenvalue weighted by Crippen LogP contribution is 2.13. The first-order valence-electron chi connectivity index (χ1n) is 11.4. The van der Waals surface area contributed by atoms with E-state index in [-0.39, 0.29) is 35.3 Å². The van der Waals surface area contributed by atoms with Crippen LogP contribution in [0.1, 0.15) is 49.5 Å². The van der Waals surface area contributed by atoms with E-state index in [2.05, 4.69) is 15.6 Å². The number of benzene rings is 2. The van der Waals surface area contributed by atoms with Gasteiger partial charge in [-0.3, -0.25) is 9.59 Å². The van der Waals surface area contributed by atoms with Crippen LogP contribution in [0.15, 0.2) is 59.6 Å². The molecule has 0 aromatic heterocycles. The van der Waals surface area contributed by atoms with Gasteiger partial charge in [0.2, 0.25) is 0 Å². The fourth-order valence-corrected chi connectivity index (χ4v) is 3.63. The summed E-state index contributed by atoms with van der Waals surface area (Å²) in [5.41, 5.74) is 0.825. The van der Waals surface area contributed by atoms with Crippen LogP contribution in [-0.2, 0) is 11.2 Å². The molecule has 0 saturated carbocycles. The van der Waals surface area contributed by atoms with Crippen molar-refractivity contribution in [3.8, 4) is 0 Å². The van der Waals surface area contributed by atoms with E-state index in [1.165, 1.54) is 24.3 Å². The van der Waals surface area contributed by atoms with E-state index in [0.717, 1.165) is 5.56 Å². The van der Waals surface area contributed by atoms with E-state index in [0.29, 0.717) is 25.9 Å². The molecular formula is C26H31FN4O3. The lowest BCUT2D eigenvalue weighted by atomic mass is 10.0. The van der Waals surface area contributed by atoms with Crippen LogP contribution in [0.4, 0.5) is 9.18 Å². The summed E-state index contributed by atoms with van der Waals surface area (Å²) in [5.74, 6) is -1.48. The van der Waals surface area contributed by atoms with E-state index in [1.807, 2.05) is 51.1 Å². The Morgan fingerprint density at radius 2 is 1.62 bits per heavy atom. The van der Waals surface area contributed by atoms with Gasteiger partial charge in [0.05, 0.1) is 0 Å². The van der Waals surface area contributed by atoms with Crippen molar-refractivity contribution in [1.82, 2.24) is 15.5 Å². The van der Waals surface area contributed by atoms with Gasteiger partial charge < -0.3 is 15.5 Å². The van der Waals surface area contributed by atoms with Crippen LogP contribution in [0.5, 0.6) is 0 Å². The van der Waals surface area contributed by atoms with Crippen LogP contribution in [0, 0.1) is 5.82 Å². The maximum atomic E-state index is 13.2. The first kappa shape index (κ1) is 25.1. The average molecular weight is 467 g/mol. The topological polar surface area (TPSA) is 90.9 Å². The molecule has 1 saturated heterocycles. The molecule has 0 bridgehead atoms. The number of amides is 4. The molecule has 1 aliphatic rings. The smallest absolute Gasteiger partial charge is 0.317 e. The Bertz CT molecular complexity index is 1040. The fourth-order valence-electron chi connectivity index (χ4n) is 3.63. The van der Waals surface area contributed by atoms with Crippen molar-refractivity contribution >= 4 is 23.6 Å². The quantitative estimate of drug-likeness (QED) is 0.658. The summed E-state index contributed by atoms with van der Waals surface area (Å²) in [4.78, 5) is 43.9. The van der Waals surface area contributed by atoms with E-state index in [9.17, 15) is 18.8 Å². The molecule has 1 fully saturated rings. The van der Waals surface area contributed by atoms with E-state index >= 15 is 0 Å². The second kappa shape index (κ2) is 11.0. The molecule has 1 aliphatic heterocycles. The van der Waals surface area contributed by atoms with Gasteiger partial charge in [-0.15, -0.1) is 0 Å². The number of hydrogen-bond acceptors (Lipinski definition) is 3. The number of piperidine rings is 1. The van der Waals surface area contributed by atoms with Gasteiger partial charge in [-0.1, -0.05) is 30.3 Å². The van der Waals surface area contributed by atoms with Crippen LogP contribution in [0.3, 0.4) is 0 Å². The summed E-state index contributed by atoms with van der Waals surface area (Å²) in [6.45, 7) is 6.83. The van der Waals surface area contributed by atoms with Crippen molar-refractivity contribution in [2.75, 3.05) is 13.1 Å². The zero-order valence-corrected chi connectivity index (χ0v) is 19.8. The second-order valence-electron chi connectivity index (χ2n) is 9.45. The van der Waals surface area contributed by atoms with E-state index in [1.54, 1.807) is 4.90 Å². The predicted molar refractivity (Wildman–Crippen MR) is 129 cm³/mol. The molecule has 180 valence electrons. The number of carbonyl (C=O) groups is 3. The summed E-state index contributed by atoms with van der Waals surface area (Å²) < 4.78 is 13.2. The molecular weight excluding hydrogens is 435 g/mol. The average Bonchev–Trinajstić information content (AvgIpc) is 2.79. The van der Waals surface area contributed by atoms with Crippen LogP contribution in [0.25, 0.3) is 0 Å². The SMILES string of the molecule is CC(C)(C)NC(=O)N1CCC(NC(=O)C(Cc2ccccc2)=NC(=O)c2ccc(F)cc2)CC1. The lowest BCUT2D eigenvalue weighted by molar-refractivity contribution is -0.115. The highest BCUT2D eigenvalue weighted by Gasteiger charge is 2.27. The third kappa shape index (κ3) is 7.50. The number of nitrogens with one attached hydrogen (secondary N) is 2. The minimum Gasteiger partial charge on any atom is -0.348 e. The normalized spacial score (nSPS) is 15.1. The van der Waals surface area contributed by atoms with Gasteiger partial charge in [0.25, 0.3) is 11.8 Å². The Kier molecular flexibility index (Phi) is 8.15. The molecule has 34 heavy (non-hydrogen) atoms. The standard InChI is InChI=1S/C26H31FN4O3/c1-26(2,3)30-25(34)31-15-13-21(14-16-31)28-24(33)22(17-18-7-5-4-6-8-18)29-23(32)19-9-11-20(27)12-10-19/h4-12,21H,13-17H2,1-3H3,(H,28,33)(H,30,34). The summed E-state index contributed by atoms with van der Waals surface area (Å²) >= 11 is 0. The molecule has 1 heterocycles. The number of aliphatic imine (C=N–C) groups is 1. The molecule has 0 aliphatic carbocycles. The fraction of sp³-hybridized carbons (Fsp3) is 0.385. The van der Waals surface area contributed by atoms with Crippen molar-refractivity contribution in [1.29, 1.82) is 0 Å². The molecule has 3 rings (SSSR count). The molecule has 0 radical (unpaired) electrons. The zero-order chi connectivity index (χ0) is 24.7. The van der Waals surface area contributed by atoms with Gasteiger partial charge in [-0.2, -0.15) is 0 Å². The lowest BCUT2D eigenvalue weighted by Crippen LogP contribution is -2.53. The Morgan fingerprint density at radius 3 is 2.21 bits per heavy atom. The minimum absolute atomic E-state index is 0.0911. The van der Waals surface area contributed by atoms with Gasteiger partial charge in [0.1, 0.15) is 11.5 Å². The van der Waals surface area contributed by atoms with Crippen LogP contribution < -0.4 is 10.6 Å². The van der Waals surface area contributed by atoms with Crippen LogP contribution >= 0.6 is 0 Å². The molecule has 2 aromatic rings. The van der Waals surface area contributed by atoms with Gasteiger partial charge in [0.15, 0.2) is 0 Å². The van der Waals surface area contributed by atoms with Gasteiger partial charge in [0, 0.05) is 36.7 Å². The number of hydrogen-bond donors (Lipinski definition) is 2. The third-order valence-corrected chi connectivity index (χ3v) is 5.40. The number of halogens is 1. The van der Waals surface area contributed by atoms with Gasteiger partial charge in [-0.25, -0.2) is 14.2 Å². The predicted octanol–water partition coefficient (Wildman–Crippen LogP) is 3.74. The van der Waals surface area contributed by atoms with E-state index < -0.39 is 17.6 Å². The highest BCUT2D eigenvalue weighted by molar-refractivity contribution is 6.41. The Labute approximate surface area is 199 Å². The molecule has 2 aromatic carbocycles. The molecule has 4 amide bonds. The molecule has 0 unspecified atom stereocenters. The van der Waals surface area contributed by atoms with Crippen LogP contribution in [-0.4, -0.2) is 53.1 Å². The maximum absolute atomic E-state index is 13.2. The number of rotatable bonds is 5. The lowest BCUT2D eigenvalue weighted by Gasteiger charge is -2.34. The zero-order valence-electron chi connectivity index (χ0n) is 19.8. The Hall–Kier alpha value is -3.55. The molecule has 7 nitrogen and oxygen atoms in total.